The van der Waals surface area contributed by atoms with Crippen molar-refractivity contribution < 1.29 is 0 Å². The Bertz CT molecular complexity index is 3280. The Morgan fingerprint density at radius 1 is 0.358 bits per heavy atom. The first-order valence-corrected chi connectivity index (χ1v) is 17.9. The van der Waals surface area contributed by atoms with Crippen molar-refractivity contribution in [2.75, 3.05) is 0 Å². The van der Waals surface area contributed by atoms with Gasteiger partial charge in [0.25, 0.3) is 0 Å². The Kier molecular flexibility index (Phi) is 6.28. The highest BCUT2D eigenvalue weighted by atomic mass is 15.0. The third-order valence-electron chi connectivity index (χ3n) is 10.9. The molecule has 0 bridgehead atoms. The maximum Gasteiger partial charge on any atom is 0.0991 e. The highest BCUT2D eigenvalue weighted by Gasteiger charge is 2.22. The van der Waals surface area contributed by atoms with Gasteiger partial charge in [-0.3, -0.25) is 0 Å². The SMILES string of the molecule is N#Cc1ccc2c(c1)c1cc(-c3ccccc3-n3c4ccccc4c4c5c6ccccc6n(-c6ccccc6)c5ccc43)ccc1n2-c1ccccc1. The Hall–Kier alpha value is -7.35. The van der Waals surface area contributed by atoms with Crippen LogP contribution < -0.4 is 0 Å². The predicted octanol–water partition coefficient (Wildman–Crippen LogP) is 12.5. The van der Waals surface area contributed by atoms with E-state index in [0.29, 0.717) is 5.56 Å². The fourth-order valence-electron chi connectivity index (χ4n) is 8.66. The van der Waals surface area contributed by atoms with Gasteiger partial charge in [0, 0.05) is 49.3 Å². The average molecular weight is 675 g/mol. The Labute approximate surface area is 305 Å². The van der Waals surface area contributed by atoms with Crippen LogP contribution in [0.2, 0.25) is 0 Å². The van der Waals surface area contributed by atoms with Gasteiger partial charge in [0.1, 0.15) is 0 Å². The van der Waals surface area contributed by atoms with Crippen molar-refractivity contribution in [1.29, 1.82) is 5.26 Å². The molecule has 3 heterocycles. The van der Waals surface area contributed by atoms with E-state index in [9.17, 15) is 5.26 Å². The summed E-state index contributed by atoms with van der Waals surface area (Å²) in [7, 11) is 0. The van der Waals surface area contributed by atoms with Gasteiger partial charge in [0.05, 0.1) is 50.4 Å². The molecule has 53 heavy (non-hydrogen) atoms. The molecule has 4 heteroatoms. The normalized spacial score (nSPS) is 11.8. The van der Waals surface area contributed by atoms with Crippen LogP contribution in [0, 0.1) is 11.3 Å². The number of fused-ring (bicyclic) bond motifs is 10. The molecule has 3 aromatic heterocycles. The lowest BCUT2D eigenvalue weighted by molar-refractivity contribution is 1.17. The second-order valence-corrected chi connectivity index (χ2v) is 13.7. The number of nitriles is 1. The van der Waals surface area contributed by atoms with Crippen molar-refractivity contribution in [3.05, 3.63) is 188 Å². The zero-order valence-electron chi connectivity index (χ0n) is 28.6. The van der Waals surface area contributed by atoms with Gasteiger partial charge in [0.2, 0.25) is 0 Å². The summed E-state index contributed by atoms with van der Waals surface area (Å²) in [6.45, 7) is 0. The maximum absolute atomic E-state index is 9.86. The molecule has 0 saturated heterocycles. The minimum Gasteiger partial charge on any atom is -0.309 e. The summed E-state index contributed by atoms with van der Waals surface area (Å²) in [6.07, 6.45) is 0. The van der Waals surface area contributed by atoms with Gasteiger partial charge in [-0.1, -0.05) is 97.1 Å². The van der Waals surface area contributed by atoms with Gasteiger partial charge >= 0.3 is 0 Å². The quantitative estimate of drug-likeness (QED) is 0.183. The molecule has 0 amide bonds. The largest absolute Gasteiger partial charge is 0.309 e. The van der Waals surface area contributed by atoms with Crippen LogP contribution >= 0.6 is 0 Å². The molecular weight excluding hydrogens is 645 g/mol. The van der Waals surface area contributed by atoms with Gasteiger partial charge in [-0.05, 0) is 90.5 Å². The number of hydrogen-bond donors (Lipinski definition) is 0. The molecule has 0 aliphatic rings. The molecule has 8 aromatic carbocycles. The van der Waals surface area contributed by atoms with Gasteiger partial charge in [-0.25, -0.2) is 0 Å². The van der Waals surface area contributed by atoms with Gasteiger partial charge < -0.3 is 13.7 Å². The number of para-hydroxylation sites is 5. The van der Waals surface area contributed by atoms with Crippen molar-refractivity contribution in [2.24, 2.45) is 0 Å². The molecule has 0 fully saturated rings. The second-order valence-electron chi connectivity index (χ2n) is 13.7. The predicted molar refractivity (Wildman–Crippen MR) is 220 cm³/mol. The van der Waals surface area contributed by atoms with Crippen LogP contribution in [0.5, 0.6) is 0 Å². The zero-order chi connectivity index (χ0) is 35.0. The van der Waals surface area contributed by atoms with Crippen LogP contribution in [0.1, 0.15) is 5.56 Å². The molecule has 0 aliphatic carbocycles. The Morgan fingerprint density at radius 3 is 1.49 bits per heavy atom. The van der Waals surface area contributed by atoms with E-state index in [2.05, 4.69) is 184 Å². The zero-order valence-corrected chi connectivity index (χ0v) is 28.6. The third kappa shape index (κ3) is 4.22. The van der Waals surface area contributed by atoms with Gasteiger partial charge in [0.15, 0.2) is 0 Å². The van der Waals surface area contributed by atoms with Crippen molar-refractivity contribution in [1.82, 2.24) is 13.7 Å². The fraction of sp³-hybridized carbons (Fsp3) is 0. The molecule has 4 nitrogen and oxygen atoms in total. The Morgan fingerprint density at radius 2 is 0.830 bits per heavy atom. The van der Waals surface area contributed by atoms with Crippen LogP contribution in [0.15, 0.2) is 182 Å². The summed E-state index contributed by atoms with van der Waals surface area (Å²) in [5, 5.41) is 17.0. The molecule has 11 rings (SSSR count). The van der Waals surface area contributed by atoms with E-state index in [1.165, 1.54) is 43.6 Å². The lowest BCUT2D eigenvalue weighted by Crippen LogP contribution is -1.97. The Balaban J connectivity index is 1.20. The topological polar surface area (TPSA) is 38.6 Å². The maximum atomic E-state index is 9.86. The molecule has 246 valence electrons. The van der Waals surface area contributed by atoms with Crippen LogP contribution in [-0.2, 0) is 0 Å². The summed E-state index contributed by atoms with van der Waals surface area (Å²) in [5.41, 5.74) is 13.2. The molecule has 0 spiro atoms. The van der Waals surface area contributed by atoms with Crippen molar-refractivity contribution in [3.8, 4) is 34.3 Å². The first-order valence-electron chi connectivity index (χ1n) is 17.9. The van der Waals surface area contributed by atoms with Crippen molar-refractivity contribution >= 4 is 65.4 Å². The molecule has 0 aliphatic heterocycles. The summed E-state index contributed by atoms with van der Waals surface area (Å²) < 4.78 is 7.13. The van der Waals surface area contributed by atoms with Gasteiger partial charge in [-0.2, -0.15) is 5.26 Å². The number of benzene rings is 8. The fourth-order valence-corrected chi connectivity index (χ4v) is 8.66. The number of hydrogen-bond acceptors (Lipinski definition) is 1. The van der Waals surface area contributed by atoms with Crippen LogP contribution in [0.3, 0.4) is 0 Å². The molecule has 0 saturated carbocycles. The van der Waals surface area contributed by atoms with Crippen molar-refractivity contribution in [3.63, 3.8) is 0 Å². The number of rotatable bonds is 4. The molecule has 11 aromatic rings. The monoisotopic (exact) mass is 674 g/mol. The first kappa shape index (κ1) is 29.4. The van der Waals surface area contributed by atoms with Crippen LogP contribution in [-0.4, -0.2) is 13.7 Å². The summed E-state index contributed by atoms with van der Waals surface area (Å²) in [5.74, 6) is 0. The summed E-state index contributed by atoms with van der Waals surface area (Å²) in [6, 6.07) is 67.1. The van der Waals surface area contributed by atoms with E-state index in [0.717, 1.165) is 50.0 Å². The molecule has 0 atom stereocenters. The number of aromatic nitrogens is 3. The molecular formula is C49H30N4. The van der Waals surface area contributed by atoms with Crippen LogP contribution in [0.4, 0.5) is 0 Å². The summed E-state index contributed by atoms with van der Waals surface area (Å²) >= 11 is 0. The number of nitrogens with zero attached hydrogens (tertiary/aromatic N) is 4. The highest BCUT2D eigenvalue weighted by molar-refractivity contribution is 6.29. The smallest absolute Gasteiger partial charge is 0.0991 e. The van der Waals surface area contributed by atoms with E-state index < -0.39 is 0 Å². The van der Waals surface area contributed by atoms with E-state index in [1.807, 2.05) is 18.2 Å². The highest BCUT2D eigenvalue weighted by Crippen LogP contribution is 2.44. The third-order valence-corrected chi connectivity index (χ3v) is 10.9. The van der Waals surface area contributed by atoms with Crippen molar-refractivity contribution in [2.45, 2.75) is 0 Å². The average Bonchev–Trinajstić information content (AvgIpc) is 3.86. The van der Waals surface area contributed by atoms with E-state index in [4.69, 9.17) is 0 Å². The van der Waals surface area contributed by atoms with E-state index >= 15 is 0 Å². The first-order chi connectivity index (χ1) is 26.3. The van der Waals surface area contributed by atoms with Gasteiger partial charge in [-0.15, -0.1) is 0 Å². The molecule has 0 N–H and O–H groups in total. The van der Waals surface area contributed by atoms with Crippen LogP contribution in [0.25, 0.3) is 93.6 Å². The summed E-state index contributed by atoms with van der Waals surface area (Å²) in [4.78, 5) is 0. The molecule has 0 unspecified atom stereocenters. The molecule has 0 radical (unpaired) electrons. The minimum absolute atomic E-state index is 0.653. The minimum atomic E-state index is 0.653. The second kappa shape index (κ2) is 11.3. The lowest BCUT2D eigenvalue weighted by Gasteiger charge is -2.15. The van der Waals surface area contributed by atoms with E-state index in [1.54, 1.807) is 0 Å². The standard InChI is InChI=1S/C49H30N4/c50-31-32-23-25-44-39(29-32)40-30-33(24-26-45(40)51(44)34-13-3-1-4-14-34)36-17-7-10-20-41(36)53-43-22-12-9-19-38(43)49-47(53)28-27-46-48(49)37-18-8-11-21-42(37)52(46)35-15-5-2-6-16-35/h1-30H. The van der Waals surface area contributed by atoms with E-state index in [-0.39, 0.29) is 0 Å². The lowest BCUT2D eigenvalue weighted by atomic mass is 10.00.